The minimum atomic E-state index is 0.0135. The molecule has 0 radical (unpaired) electrons. The number of hydrogen-bond acceptors (Lipinski definition) is 7. The first-order valence-electron chi connectivity index (χ1n) is 12.7. The molecule has 36 heavy (non-hydrogen) atoms. The summed E-state index contributed by atoms with van der Waals surface area (Å²) >= 11 is 1.87. The number of nitrogens with zero attached hydrogens (tertiary/aromatic N) is 2. The number of hydrogen-bond donors (Lipinski definition) is 3. The van der Waals surface area contributed by atoms with Gasteiger partial charge in [-0.15, -0.1) is 0 Å². The molecule has 1 aromatic heterocycles. The monoisotopic (exact) mass is 501 g/mol. The maximum Gasteiger partial charge on any atom is 0.229 e. The quantitative estimate of drug-likeness (QED) is 0.329. The number of benzene rings is 2. The van der Waals surface area contributed by atoms with Crippen molar-refractivity contribution in [2.24, 2.45) is 0 Å². The van der Waals surface area contributed by atoms with Gasteiger partial charge in [0.1, 0.15) is 5.82 Å². The Balaban J connectivity index is 1.42. The molecular formula is C28H31N5O2S. The van der Waals surface area contributed by atoms with Gasteiger partial charge in [-0.3, -0.25) is 9.59 Å². The summed E-state index contributed by atoms with van der Waals surface area (Å²) < 4.78 is 0. The van der Waals surface area contributed by atoms with E-state index in [1.54, 1.807) is 0 Å². The Morgan fingerprint density at radius 3 is 2.75 bits per heavy atom. The number of Topliss-reactive ketones (excluding diaryl/α,β-unsaturated/α-hetero) is 1. The Morgan fingerprint density at radius 2 is 1.89 bits per heavy atom. The van der Waals surface area contributed by atoms with Crippen LogP contribution in [0.2, 0.25) is 0 Å². The van der Waals surface area contributed by atoms with Gasteiger partial charge in [0.25, 0.3) is 0 Å². The Morgan fingerprint density at radius 1 is 1.03 bits per heavy atom. The van der Waals surface area contributed by atoms with E-state index in [0.29, 0.717) is 18.8 Å². The molecule has 5 rings (SSSR count). The van der Waals surface area contributed by atoms with E-state index < -0.39 is 0 Å². The molecule has 7 nitrogen and oxygen atoms in total. The zero-order chi connectivity index (χ0) is 24.9. The molecule has 3 N–H and O–H groups in total. The van der Waals surface area contributed by atoms with Gasteiger partial charge in [-0.2, -0.15) is 16.7 Å². The number of aromatic nitrogens is 2. The third-order valence-electron chi connectivity index (χ3n) is 6.55. The van der Waals surface area contributed by atoms with E-state index >= 15 is 0 Å². The summed E-state index contributed by atoms with van der Waals surface area (Å²) in [4.78, 5) is 34.3. The van der Waals surface area contributed by atoms with Crippen LogP contribution >= 0.6 is 11.8 Å². The third-order valence-corrected chi connectivity index (χ3v) is 7.53. The average molecular weight is 502 g/mol. The smallest absolute Gasteiger partial charge is 0.229 e. The van der Waals surface area contributed by atoms with Crippen LogP contribution in [0.25, 0.3) is 0 Å². The molecule has 3 aromatic rings. The molecule has 0 bridgehead atoms. The second kappa shape index (κ2) is 11.1. The number of amides is 1. The first-order chi connectivity index (χ1) is 17.6. The highest BCUT2D eigenvalue weighted by atomic mass is 32.2. The SMILES string of the molecule is CCCCC(=O)Nc1ccccc1Nc1nc(Nc2ccc3c(c2)CCCC3=O)nc2c1CSCC2. The summed E-state index contributed by atoms with van der Waals surface area (Å²) in [7, 11) is 0. The molecule has 2 heterocycles. The molecule has 1 aliphatic carbocycles. The van der Waals surface area contributed by atoms with E-state index in [1.165, 1.54) is 0 Å². The van der Waals surface area contributed by atoms with Crippen LogP contribution in [0.4, 0.5) is 28.8 Å². The molecule has 0 unspecified atom stereocenters. The zero-order valence-electron chi connectivity index (χ0n) is 20.5. The van der Waals surface area contributed by atoms with Gasteiger partial charge in [-0.1, -0.05) is 25.5 Å². The van der Waals surface area contributed by atoms with Gasteiger partial charge in [-0.05, 0) is 67.3 Å². The number of carbonyl (C=O) groups excluding carboxylic acids is 2. The Hall–Kier alpha value is -3.39. The summed E-state index contributed by atoms with van der Waals surface area (Å²) in [5, 5.41) is 9.88. The standard InChI is InChI=1S/C28H31N5O2S/c1-2-3-11-26(35)30-23-8-4-5-9-24(23)31-27-21-17-36-15-14-22(21)32-28(33-27)29-19-12-13-20-18(16-19)7-6-10-25(20)34/h4-5,8-9,12-13,16H,2-3,6-7,10-11,14-15,17H2,1H3,(H,30,35)(H2,29,31,32,33). The highest BCUT2D eigenvalue weighted by Gasteiger charge is 2.21. The largest absolute Gasteiger partial charge is 0.338 e. The number of anilines is 5. The van der Waals surface area contributed by atoms with E-state index in [2.05, 4.69) is 22.9 Å². The van der Waals surface area contributed by atoms with Crippen molar-refractivity contribution in [3.63, 3.8) is 0 Å². The second-order valence-electron chi connectivity index (χ2n) is 9.22. The maximum absolute atomic E-state index is 12.4. The average Bonchev–Trinajstić information content (AvgIpc) is 2.89. The number of fused-ring (bicyclic) bond motifs is 2. The fourth-order valence-electron chi connectivity index (χ4n) is 4.62. The highest BCUT2D eigenvalue weighted by Crippen LogP contribution is 2.34. The van der Waals surface area contributed by atoms with Crippen LogP contribution in [0.15, 0.2) is 42.5 Å². The second-order valence-corrected chi connectivity index (χ2v) is 10.3. The maximum atomic E-state index is 12.4. The zero-order valence-corrected chi connectivity index (χ0v) is 21.3. The molecule has 1 amide bonds. The number of nitrogens with one attached hydrogen (secondary N) is 3. The van der Waals surface area contributed by atoms with E-state index in [4.69, 9.17) is 9.97 Å². The third kappa shape index (κ3) is 5.54. The van der Waals surface area contributed by atoms with Gasteiger partial charge in [0, 0.05) is 35.4 Å². The van der Waals surface area contributed by atoms with E-state index in [9.17, 15) is 9.59 Å². The van der Waals surface area contributed by atoms with Crippen molar-refractivity contribution in [1.29, 1.82) is 0 Å². The lowest BCUT2D eigenvalue weighted by Crippen LogP contribution is -2.15. The van der Waals surface area contributed by atoms with Crippen molar-refractivity contribution in [1.82, 2.24) is 9.97 Å². The summed E-state index contributed by atoms with van der Waals surface area (Å²) in [5.74, 6) is 3.36. The lowest BCUT2D eigenvalue weighted by Gasteiger charge is -2.21. The normalized spacial score (nSPS) is 14.5. The van der Waals surface area contributed by atoms with Gasteiger partial charge in [-0.25, -0.2) is 4.98 Å². The Bertz CT molecular complexity index is 1290. The van der Waals surface area contributed by atoms with Crippen molar-refractivity contribution in [2.45, 2.75) is 57.6 Å². The van der Waals surface area contributed by atoms with Crippen molar-refractivity contribution in [3.8, 4) is 0 Å². The number of aryl methyl sites for hydroxylation is 2. The van der Waals surface area contributed by atoms with Gasteiger partial charge in [0.2, 0.25) is 11.9 Å². The van der Waals surface area contributed by atoms with E-state index in [0.717, 1.165) is 88.9 Å². The highest BCUT2D eigenvalue weighted by molar-refractivity contribution is 7.98. The summed E-state index contributed by atoms with van der Waals surface area (Å²) in [6, 6.07) is 13.6. The molecule has 2 aromatic carbocycles. The lowest BCUT2D eigenvalue weighted by atomic mass is 9.90. The van der Waals surface area contributed by atoms with E-state index in [1.807, 2.05) is 54.2 Å². The minimum absolute atomic E-state index is 0.0135. The number of carbonyl (C=O) groups is 2. The van der Waals surface area contributed by atoms with Crippen LogP contribution in [0.3, 0.4) is 0 Å². The molecule has 0 saturated carbocycles. The van der Waals surface area contributed by atoms with Gasteiger partial charge >= 0.3 is 0 Å². The predicted octanol–water partition coefficient (Wildman–Crippen LogP) is 6.40. The molecular weight excluding hydrogens is 470 g/mol. The van der Waals surface area contributed by atoms with Gasteiger partial charge < -0.3 is 16.0 Å². The molecule has 0 fully saturated rings. The van der Waals surface area contributed by atoms with Crippen molar-refractivity contribution >= 4 is 52.3 Å². The number of rotatable bonds is 8. The Kier molecular flexibility index (Phi) is 7.51. The molecule has 1 aliphatic heterocycles. The molecule has 8 heteroatoms. The molecule has 186 valence electrons. The van der Waals surface area contributed by atoms with Gasteiger partial charge in [0.15, 0.2) is 5.78 Å². The van der Waals surface area contributed by atoms with Crippen molar-refractivity contribution < 1.29 is 9.59 Å². The first-order valence-corrected chi connectivity index (χ1v) is 13.8. The van der Waals surface area contributed by atoms with Crippen LogP contribution in [0.5, 0.6) is 0 Å². The first kappa shape index (κ1) is 24.3. The predicted molar refractivity (Wildman–Crippen MR) is 147 cm³/mol. The number of thioether (sulfide) groups is 1. The van der Waals surface area contributed by atoms with Crippen molar-refractivity contribution in [2.75, 3.05) is 21.7 Å². The lowest BCUT2D eigenvalue weighted by molar-refractivity contribution is -0.116. The fourth-order valence-corrected chi connectivity index (χ4v) is 5.61. The van der Waals surface area contributed by atoms with Crippen molar-refractivity contribution in [3.05, 3.63) is 64.8 Å². The van der Waals surface area contributed by atoms with Crippen LogP contribution in [-0.2, 0) is 23.4 Å². The minimum Gasteiger partial charge on any atom is -0.338 e. The molecule has 2 aliphatic rings. The topological polar surface area (TPSA) is 96.0 Å². The molecule has 0 spiro atoms. The Labute approximate surface area is 215 Å². The van der Waals surface area contributed by atoms with E-state index in [-0.39, 0.29) is 11.7 Å². The van der Waals surface area contributed by atoms with Crippen LogP contribution in [-0.4, -0.2) is 27.4 Å². The molecule has 0 saturated heterocycles. The molecule has 0 atom stereocenters. The number of unbranched alkanes of at least 4 members (excludes halogenated alkanes) is 1. The van der Waals surface area contributed by atoms with Crippen LogP contribution in [0.1, 0.15) is 66.2 Å². The van der Waals surface area contributed by atoms with Gasteiger partial charge in [0.05, 0.1) is 17.1 Å². The summed E-state index contributed by atoms with van der Waals surface area (Å²) in [6.07, 6.45) is 5.65. The number of ketones is 1. The van der Waals surface area contributed by atoms with Crippen LogP contribution in [0, 0.1) is 0 Å². The fraction of sp³-hybridized carbons (Fsp3) is 0.357. The number of para-hydroxylation sites is 2. The summed E-state index contributed by atoms with van der Waals surface area (Å²) in [6.45, 7) is 2.08. The van der Waals surface area contributed by atoms with Crippen LogP contribution < -0.4 is 16.0 Å². The summed E-state index contributed by atoms with van der Waals surface area (Å²) in [5.41, 5.74) is 6.46.